The molecule has 0 saturated heterocycles. The van der Waals surface area contributed by atoms with Crippen LogP contribution in [0.3, 0.4) is 0 Å². The van der Waals surface area contributed by atoms with E-state index in [0.717, 1.165) is 18.7 Å². The average Bonchev–Trinajstić information content (AvgIpc) is 2.31. The summed E-state index contributed by atoms with van der Waals surface area (Å²) >= 11 is 0. The molecule has 0 aliphatic carbocycles. The van der Waals surface area contributed by atoms with E-state index in [1.807, 2.05) is 24.3 Å². The fourth-order valence-corrected chi connectivity index (χ4v) is 1.19. The van der Waals surface area contributed by atoms with Crippen molar-refractivity contribution < 1.29 is 4.74 Å². The van der Waals surface area contributed by atoms with E-state index >= 15 is 0 Å². The van der Waals surface area contributed by atoms with Crippen molar-refractivity contribution in [1.29, 1.82) is 0 Å². The third kappa shape index (κ3) is 4.68. The number of nitrogens with two attached hydrogens (primary N) is 1. The molecule has 4 heteroatoms. The Morgan fingerprint density at radius 2 is 2.06 bits per heavy atom. The number of nitrogens with zero attached hydrogens (tertiary/aromatic N) is 1. The number of nitrogens with one attached hydrogen (secondary N) is 1. The van der Waals surface area contributed by atoms with Crippen molar-refractivity contribution in [3.8, 4) is 5.75 Å². The summed E-state index contributed by atoms with van der Waals surface area (Å²) in [5.41, 5.74) is 6.72. The molecule has 0 bridgehead atoms. The van der Waals surface area contributed by atoms with Gasteiger partial charge in [0.25, 0.3) is 0 Å². The molecule has 0 radical (unpaired) electrons. The lowest BCUT2D eigenvalue weighted by Crippen LogP contribution is -2.32. The smallest absolute Gasteiger partial charge is 0.188 e. The Labute approximate surface area is 96.5 Å². The van der Waals surface area contributed by atoms with Gasteiger partial charge in [-0.25, -0.2) is 0 Å². The van der Waals surface area contributed by atoms with Crippen LogP contribution in [0.2, 0.25) is 0 Å². The lowest BCUT2D eigenvalue weighted by molar-refractivity contribution is 0.311. The van der Waals surface area contributed by atoms with E-state index in [9.17, 15) is 0 Å². The van der Waals surface area contributed by atoms with Gasteiger partial charge in [-0.05, 0) is 25.5 Å². The highest BCUT2D eigenvalue weighted by Gasteiger charge is 1.93. The van der Waals surface area contributed by atoms with E-state index in [1.165, 1.54) is 5.56 Å². The van der Waals surface area contributed by atoms with E-state index in [1.54, 1.807) is 7.05 Å². The lowest BCUT2D eigenvalue weighted by atomic mass is 10.2. The Bertz CT molecular complexity index is 333. The maximum atomic E-state index is 5.56. The third-order valence-electron chi connectivity index (χ3n) is 2.16. The largest absolute Gasteiger partial charge is 0.494 e. The number of hydrogen-bond donors (Lipinski definition) is 2. The highest BCUT2D eigenvalue weighted by atomic mass is 16.5. The first-order chi connectivity index (χ1) is 7.72. The van der Waals surface area contributed by atoms with Gasteiger partial charge >= 0.3 is 0 Å². The van der Waals surface area contributed by atoms with Crippen LogP contribution >= 0.6 is 0 Å². The zero-order chi connectivity index (χ0) is 11.8. The molecule has 0 unspecified atom stereocenters. The Morgan fingerprint density at radius 1 is 1.38 bits per heavy atom. The molecule has 0 spiro atoms. The number of aliphatic imine (C=N–C) groups is 1. The molecule has 0 atom stereocenters. The van der Waals surface area contributed by atoms with Gasteiger partial charge in [-0.1, -0.05) is 17.7 Å². The molecule has 4 nitrogen and oxygen atoms in total. The molecular formula is C12H19N3O. The monoisotopic (exact) mass is 221 g/mol. The number of benzene rings is 1. The predicted molar refractivity (Wildman–Crippen MR) is 66.8 cm³/mol. The molecule has 0 saturated carbocycles. The number of guanidine groups is 1. The van der Waals surface area contributed by atoms with Crippen LogP contribution in [0.4, 0.5) is 0 Å². The SMILES string of the molecule is CN=C(N)NCCCOc1ccc(C)cc1. The molecule has 0 aliphatic rings. The van der Waals surface area contributed by atoms with Gasteiger partial charge in [-0.2, -0.15) is 0 Å². The Kier molecular flexibility index (Phi) is 5.19. The zero-order valence-electron chi connectivity index (χ0n) is 9.86. The molecule has 0 fully saturated rings. The number of ether oxygens (including phenoxy) is 1. The van der Waals surface area contributed by atoms with E-state index in [-0.39, 0.29) is 0 Å². The van der Waals surface area contributed by atoms with E-state index in [4.69, 9.17) is 10.5 Å². The Morgan fingerprint density at radius 3 is 2.69 bits per heavy atom. The van der Waals surface area contributed by atoms with Crippen LogP contribution in [0.15, 0.2) is 29.3 Å². The summed E-state index contributed by atoms with van der Waals surface area (Å²) in [6.07, 6.45) is 0.893. The van der Waals surface area contributed by atoms with Crippen LogP contribution in [-0.2, 0) is 0 Å². The molecule has 0 amide bonds. The van der Waals surface area contributed by atoms with E-state index in [0.29, 0.717) is 12.6 Å². The molecule has 1 rings (SSSR count). The van der Waals surface area contributed by atoms with E-state index in [2.05, 4.69) is 17.2 Å². The molecule has 0 heterocycles. The first-order valence-corrected chi connectivity index (χ1v) is 5.38. The predicted octanol–water partition coefficient (Wildman–Crippen LogP) is 1.30. The summed E-state index contributed by atoms with van der Waals surface area (Å²) < 4.78 is 5.56. The minimum absolute atomic E-state index is 0.468. The van der Waals surface area contributed by atoms with E-state index < -0.39 is 0 Å². The molecule has 1 aromatic rings. The number of aryl methyl sites for hydroxylation is 1. The second-order valence-electron chi connectivity index (χ2n) is 3.55. The Balaban J connectivity index is 2.14. The highest BCUT2D eigenvalue weighted by molar-refractivity contribution is 5.77. The summed E-state index contributed by atoms with van der Waals surface area (Å²) in [4.78, 5) is 3.80. The van der Waals surface area contributed by atoms with Gasteiger partial charge in [0.2, 0.25) is 0 Å². The standard InChI is InChI=1S/C12H19N3O/c1-10-4-6-11(7-5-10)16-9-3-8-15-12(13)14-2/h4-7H,3,8-9H2,1-2H3,(H3,13,14,15). The summed E-state index contributed by atoms with van der Waals surface area (Å²) in [5, 5.41) is 2.98. The van der Waals surface area contributed by atoms with Crippen LogP contribution in [0.5, 0.6) is 5.75 Å². The van der Waals surface area contributed by atoms with Gasteiger partial charge in [0.1, 0.15) is 5.75 Å². The Hall–Kier alpha value is -1.71. The second-order valence-corrected chi connectivity index (χ2v) is 3.55. The topological polar surface area (TPSA) is 59.6 Å². The minimum atomic E-state index is 0.468. The van der Waals surface area contributed by atoms with Crippen molar-refractivity contribution in [3.05, 3.63) is 29.8 Å². The third-order valence-corrected chi connectivity index (χ3v) is 2.16. The van der Waals surface area contributed by atoms with Gasteiger partial charge in [0.15, 0.2) is 5.96 Å². The van der Waals surface area contributed by atoms with Gasteiger partial charge in [-0.15, -0.1) is 0 Å². The van der Waals surface area contributed by atoms with Crippen LogP contribution in [0.25, 0.3) is 0 Å². The molecule has 0 aliphatic heterocycles. The molecule has 3 N–H and O–H groups in total. The first kappa shape index (κ1) is 12.4. The summed E-state index contributed by atoms with van der Waals surface area (Å²) in [6, 6.07) is 8.03. The van der Waals surface area contributed by atoms with Crippen molar-refractivity contribution >= 4 is 5.96 Å². The van der Waals surface area contributed by atoms with Gasteiger partial charge in [0, 0.05) is 13.6 Å². The minimum Gasteiger partial charge on any atom is -0.494 e. The molecule has 16 heavy (non-hydrogen) atoms. The molecule has 0 aromatic heterocycles. The fourth-order valence-electron chi connectivity index (χ4n) is 1.19. The lowest BCUT2D eigenvalue weighted by Gasteiger charge is -2.07. The van der Waals surface area contributed by atoms with Gasteiger partial charge in [0.05, 0.1) is 6.61 Å². The molecule has 1 aromatic carbocycles. The van der Waals surface area contributed by atoms with Crippen molar-refractivity contribution in [2.75, 3.05) is 20.2 Å². The maximum Gasteiger partial charge on any atom is 0.188 e. The highest BCUT2D eigenvalue weighted by Crippen LogP contribution is 2.11. The summed E-state index contributed by atoms with van der Waals surface area (Å²) in [7, 11) is 1.66. The fraction of sp³-hybridized carbons (Fsp3) is 0.417. The van der Waals surface area contributed by atoms with Crippen molar-refractivity contribution in [3.63, 3.8) is 0 Å². The summed E-state index contributed by atoms with van der Waals surface area (Å²) in [6.45, 7) is 3.50. The normalized spacial score (nSPS) is 11.2. The van der Waals surface area contributed by atoms with Gasteiger partial charge in [-0.3, -0.25) is 4.99 Å². The van der Waals surface area contributed by atoms with Gasteiger partial charge < -0.3 is 15.8 Å². The quantitative estimate of drug-likeness (QED) is 0.447. The van der Waals surface area contributed by atoms with Crippen LogP contribution in [0, 0.1) is 6.92 Å². The summed E-state index contributed by atoms with van der Waals surface area (Å²) in [5.74, 6) is 1.37. The molecule has 88 valence electrons. The van der Waals surface area contributed by atoms with Crippen molar-refractivity contribution in [1.82, 2.24) is 5.32 Å². The molecular weight excluding hydrogens is 202 g/mol. The maximum absolute atomic E-state index is 5.56. The van der Waals surface area contributed by atoms with Crippen molar-refractivity contribution in [2.24, 2.45) is 10.7 Å². The number of hydrogen-bond acceptors (Lipinski definition) is 2. The second kappa shape index (κ2) is 6.71. The average molecular weight is 221 g/mol. The van der Waals surface area contributed by atoms with Crippen molar-refractivity contribution in [2.45, 2.75) is 13.3 Å². The van der Waals surface area contributed by atoms with Crippen LogP contribution in [-0.4, -0.2) is 26.2 Å². The first-order valence-electron chi connectivity index (χ1n) is 5.38. The number of rotatable bonds is 5. The zero-order valence-corrected chi connectivity index (χ0v) is 9.86. The van der Waals surface area contributed by atoms with Crippen LogP contribution in [0.1, 0.15) is 12.0 Å². The van der Waals surface area contributed by atoms with Crippen LogP contribution < -0.4 is 15.8 Å².